The topological polar surface area (TPSA) is 115 Å². The van der Waals surface area contributed by atoms with Gasteiger partial charge in [0.05, 0.1) is 17.9 Å². The van der Waals surface area contributed by atoms with Gasteiger partial charge in [0.1, 0.15) is 6.04 Å². The number of benzene rings is 2. The van der Waals surface area contributed by atoms with Crippen LogP contribution >= 0.6 is 0 Å². The maximum absolute atomic E-state index is 13.4. The van der Waals surface area contributed by atoms with Gasteiger partial charge in [-0.3, -0.25) is 19.2 Å². The van der Waals surface area contributed by atoms with E-state index in [1.54, 1.807) is 24.5 Å². The van der Waals surface area contributed by atoms with Crippen molar-refractivity contribution < 1.29 is 19.2 Å². The molecule has 2 aromatic heterocycles. The highest BCUT2D eigenvalue weighted by Gasteiger charge is 2.29. The average Bonchev–Trinajstić information content (AvgIpc) is 3.44. The molecular formula is C28H25N5O4. The van der Waals surface area contributed by atoms with Crippen LogP contribution in [0.15, 0.2) is 104 Å². The highest BCUT2D eigenvalue weighted by molar-refractivity contribution is 6.38. The molecule has 1 unspecified atom stereocenters. The molecule has 186 valence electrons. The Kier molecular flexibility index (Phi) is 8.30. The first-order chi connectivity index (χ1) is 18.1. The second kappa shape index (κ2) is 12.2. The summed E-state index contributed by atoms with van der Waals surface area (Å²) in [6, 6.07) is 22.6. The Morgan fingerprint density at radius 1 is 0.973 bits per heavy atom. The summed E-state index contributed by atoms with van der Waals surface area (Å²) in [6.45, 7) is 3.52. The van der Waals surface area contributed by atoms with E-state index >= 15 is 0 Å². The first-order valence-electron chi connectivity index (χ1n) is 11.5. The van der Waals surface area contributed by atoms with Gasteiger partial charge in [-0.25, -0.2) is 15.1 Å². The van der Waals surface area contributed by atoms with Gasteiger partial charge < -0.3 is 5.32 Å². The second-order valence-electron chi connectivity index (χ2n) is 8.00. The molecule has 0 spiro atoms. The summed E-state index contributed by atoms with van der Waals surface area (Å²) in [5.41, 5.74) is 4.68. The number of pyridine rings is 1. The molecule has 1 atom stereocenters. The normalized spacial score (nSPS) is 11.4. The zero-order valence-electron chi connectivity index (χ0n) is 19.9. The van der Waals surface area contributed by atoms with E-state index in [0.717, 1.165) is 11.1 Å². The van der Waals surface area contributed by atoms with Crippen LogP contribution in [0.1, 0.15) is 15.9 Å². The van der Waals surface area contributed by atoms with E-state index < -0.39 is 23.6 Å². The molecule has 4 aromatic rings. The summed E-state index contributed by atoms with van der Waals surface area (Å²) in [5.74, 6) is -2.12. The highest BCUT2D eigenvalue weighted by atomic mass is 16.6. The van der Waals surface area contributed by atoms with Crippen LogP contribution in [0, 0.1) is 0 Å². The zero-order valence-corrected chi connectivity index (χ0v) is 19.9. The number of Topliss-reactive ketones (excluding diaryl/α,β-unsaturated/α-hetero) is 1. The fourth-order valence-corrected chi connectivity index (χ4v) is 3.63. The van der Waals surface area contributed by atoms with Crippen LogP contribution in [0.3, 0.4) is 0 Å². The highest BCUT2D eigenvalue weighted by Crippen LogP contribution is 2.19. The number of hydroxylamine groups is 1. The van der Waals surface area contributed by atoms with Crippen molar-refractivity contribution in [3.63, 3.8) is 0 Å². The number of carbonyl (C=O) groups excluding carboxylic acids is 3. The van der Waals surface area contributed by atoms with Gasteiger partial charge in [0, 0.05) is 24.4 Å². The van der Waals surface area contributed by atoms with E-state index in [-0.39, 0.29) is 24.4 Å². The number of hydrogen-bond donors (Lipinski definition) is 2. The molecule has 9 nitrogen and oxygen atoms in total. The summed E-state index contributed by atoms with van der Waals surface area (Å²) < 4.78 is 1.50. The minimum Gasteiger partial charge on any atom is -0.341 e. The van der Waals surface area contributed by atoms with Crippen LogP contribution in [-0.4, -0.2) is 45.0 Å². The SMILES string of the molecule is C=CCONC(=O)C(=O)C(Cc1ccccc1)NC(=O)c1cccnc1-n1ccc(-c2ccccc2)n1. The Balaban J connectivity index is 1.58. The lowest BCUT2D eigenvalue weighted by Gasteiger charge is -2.18. The third kappa shape index (κ3) is 6.41. The molecule has 2 aromatic carbocycles. The average molecular weight is 496 g/mol. The van der Waals surface area contributed by atoms with Gasteiger partial charge in [-0.2, -0.15) is 5.10 Å². The zero-order chi connectivity index (χ0) is 26.0. The third-order valence-corrected chi connectivity index (χ3v) is 5.40. The fraction of sp³-hybridized carbons (Fsp3) is 0.107. The van der Waals surface area contributed by atoms with Crippen LogP contribution in [-0.2, 0) is 20.8 Å². The molecule has 0 aliphatic carbocycles. The van der Waals surface area contributed by atoms with Gasteiger partial charge in [0.25, 0.3) is 5.91 Å². The largest absolute Gasteiger partial charge is 0.341 e. The molecule has 9 heteroatoms. The number of hydrogen-bond acceptors (Lipinski definition) is 6. The first-order valence-corrected chi connectivity index (χ1v) is 11.5. The number of carbonyl (C=O) groups is 3. The number of aromatic nitrogens is 3. The lowest BCUT2D eigenvalue weighted by molar-refractivity contribution is -0.146. The molecule has 2 heterocycles. The van der Waals surface area contributed by atoms with E-state index in [4.69, 9.17) is 4.84 Å². The maximum atomic E-state index is 13.4. The van der Waals surface area contributed by atoms with Crippen LogP contribution in [0.5, 0.6) is 0 Å². The third-order valence-electron chi connectivity index (χ3n) is 5.40. The Labute approximate surface area is 213 Å². The lowest BCUT2D eigenvalue weighted by Crippen LogP contribution is -2.48. The van der Waals surface area contributed by atoms with E-state index in [2.05, 4.69) is 27.5 Å². The van der Waals surface area contributed by atoms with Crippen molar-refractivity contribution in [1.29, 1.82) is 0 Å². The van der Waals surface area contributed by atoms with Gasteiger partial charge in [-0.15, -0.1) is 6.58 Å². The van der Waals surface area contributed by atoms with Crippen molar-refractivity contribution >= 4 is 17.6 Å². The van der Waals surface area contributed by atoms with Crippen LogP contribution in [0.25, 0.3) is 17.1 Å². The van der Waals surface area contributed by atoms with Gasteiger partial charge >= 0.3 is 5.91 Å². The Hall–Kier alpha value is -4.89. The number of amides is 2. The number of nitrogens with zero attached hydrogens (tertiary/aromatic N) is 3. The molecule has 2 N–H and O–H groups in total. The van der Waals surface area contributed by atoms with Crippen molar-refractivity contribution in [1.82, 2.24) is 25.6 Å². The minimum absolute atomic E-state index is 0.0304. The Bertz CT molecular complexity index is 1390. The van der Waals surface area contributed by atoms with Crippen molar-refractivity contribution in [2.45, 2.75) is 12.5 Å². The number of nitrogens with one attached hydrogen (secondary N) is 2. The second-order valence-corrected chi connectivity index (χ2v) is 8.00. The molecule has 0 saturated carbocycles. The lowest BCUT2D eigenvalue weighted by atomic mass is 10.0. The summed E-state index contributed by atoms with van der Waals surface area (Å²) in [6.07, 6.45) is 4.79. The standard InChI is InChI=1S/C28H25N5O4/c1-2-18-37-32-28(36)25(34)24(19-20-10-5-3-6-11-20)30-27(35)22-14-9-16-29-26(22)33-17-15-23(31-33)21-12-7-4-8-13-21/h2-17,24H,1,18-19H2,(H,30,35)(H,32,36). The summed E-state index contributed by atoms with van der Waals surface area (Å²) >= 11 is 0. The molecule has 37 heavy (non-hydrogen) atoms. The smallest absolute Gasteiger partial charge is 0.313 e. The maximum Gasteiger partial charge on any atom is 0.313 e. The summed E-state index contributed by atoms with van der Waals surface area (Å²) in [5, 5.41) is 7.26. The summed E-state index contributed by atoms with van der Waals surface area (Å²) in [7, 11) is 0. The van der Waals surface area contributed by atoms with Gasteiger partial charge in [0.15, 0.2) is 5.82 Å². The van der Waals surface area contributed by atoms with Gasteiger partial charge in [0.2, 0.25) is 5.78 Å². The molecule has 4 rings (SSSR count). The van der Waals surface area contributed by atoms with Crippen LogP contribution < -0.4 is 10.8 Å². The van der Waals surface area contributed by atoms with Gasteiger partial charge in [-0.05, 0) is 23.8 Å². The quantitative estimate of drug-likeness (QED) is 0.143. The first kappa shape index (κ1) is 25.2. The molecule has 0 aliphatic rings. The predicted octanol–water partition coefficient (Wildman–Crippen LogP) is 3.08. The van der Waals surface area contributed by atoms with E-state index in [0.29, 0.717) is 5.69 Å². The summed E-state index contributed by atoms with van der Waals surface area (Å²) in [4.78, 5) is 48.0. The van der Waals surface area contributed by atoms with Crippen molar-refractivity contribution in [2.24, 2.45) is 0 Å². The molecule has 0 bridgehead atoms. The molecule has 2 amide bonds. The Morgan fingerprint density at radius 3 is 2.43 bits per heavy atom. The molecule has 0 saturated heterocycles. The van der Waals surface area contributed by atoms with E-state index in [1.807, 2.05) is 66.7 Å². The van der Waals surface area contributed by atoms with Crippen molar-refractivity contribution in [3.05, 3.63) is 115 Å². The molecule has 0 fully saturated rings. The van der Waals surface area contributed by atoms with Gasteiger partial charge in [-0.1, -0.05) is 66.7 Å². The molecular weight excluding hydrogens is 470 g/mol. The fourth-order valence-electron chi connectivity index (χ4n) is 3.63. The molecule has 0 aliphatic heterocycles. The number of rotatable bonds is 11. The Morgan fingerprint density at radius 2 is 1.70 bits per heavy atom. The monoisotopic (exact) mass is 495 g/mol. The van der Waals surface area contributed by atoms with Crippen molar-refractivity contribution in [2.75, 3.05) is 6.61 Å². The number of ketones is 1. The van der Waals surface area contributed by atoms with Crippen LogP contribution in [0.4, 0.5) is 0 Å². The van der Waals surface area contributed by atoms with E-state index in [9.17, 15) is 14.4 Å². The minimum atomic E-state index is -1.15. The van der Waals surface area contributed by atoms with Crippen molar-refractivity contribution in [3.8, 4) is 17.1 Å². The van der Waals surface area contributed by atoms with E-state index in [1.165, 1.54) is 10.8 Å². The predicted molar refractivity (Wildman–Crippen MR) is 137 cm³/mol. The van der Waals surface area contributed by atoms with Crippen LogP contribution in [0.2, 0.25) is 0 Å². The molecule has 0 radical (unpaired) electrons.